The Kier molecular flexibility index (Phi) is 11.2. The van der Waals surface area contributed by atoms with Gasteiger partial charge in [-0.25, -0.2) is 19.3 Å². The molecule has 2 saturated heterocycles. The van der Waals surface area contributed by atoms with Crippen molar-refractivity contribution in [3.8, 4) is 28.7 Å². The highest BCUT2D eigenvalue weighted by molar-refractivity contribution is 5.79. The fraction of sp³-hybridized carbons (Fsp3) is 0.516. The number of anilines is 1. The van der Waals surface area contributed by atoms with Crippen molar-refractivity contribution in [2.24, 2.45) is 11.8 Å². The van der Waals surface area contributed by atoms with Crippen molar-refractivity contribution in [2.75, 3.05) is 45.1 Å². The zero-order valence-corrected chi connectivity index (χ0v) is 24.8. The van der Waals surface area contributed by atoms with Gasteiger partial charge in [0.15, 0.2) is 5.82 Å². The van der Waals surface area contributed by atoms with Crippen LogP contribution in [-0.4, -0.2) is 71.7 Å². The number of imidazole rings is 1. The van der Waals surface area contributed by atoms with Crippen LogP contribution >= 0.6 is 0 Å². The van der Waals surface area contributed by atoms with E-state index < -0.39 is 6.29 Å². The number of aromatic amines is 1. The number of nitrogens with one attached hydrogen (secondary N) is 3. The van der Waals surface area contributed by atoms with Gasteiger partial charge in [-0.3, -0.25) is 4.79 Å². The summed E-state index contributed by atoms with van der Waals surface area (Å²) in [7, 11) is 0. The Morgan fingerprint density at radius 2 is 1.77 bits per heavy atom. The largest absolute Gasteiger partial charge is 0.355 e. The van der Waals surface area contributed by atoms with E-state index in [9.17, 15) is 9.18 Å². The number of ether oxygens (including phenoxy) is 4. The lowest BCUT2D eigenvalue weighted by Gasteiger charge is -2.25. The highest BCUT2D eigenvalue weighted by atomic mass is 19.1. The number of halogens is 1. The number of amides is 1. The molecule has 3 aliphatic rings. The maximum atomic E-state index is 13.5. The number of H-pyrrole nitrogens is 1. The summed E-state index contributed by atoms with van der Waals surface area (Å²) >= 11 is 0. The predicted octanol–water partition coefficient (Wildman–Crippen LogP) is 4.35. The monoisotopic (exact) mass is 607 g/mol. The second kappa shape index (κ2) is 15.7. The number of carbonyl (C=O) groups is 1. The number of hydrogen-bond donors (Lipinski definition) is 3. The number of carbonyl (C=O) groups excluding carboxylic acids is 1. The van der Waals surface area contributed by atoms with Gasteiger partial charge in [-0.15, -0.1) is 0 Å². The van der Waals surface area contributed by atoms with Crippen LogP contribution in [0.25, 0.3) is 22.6 Å². The molecule has 4 heterocycles. The minimum absolute atomic E-state index is 0.0370. The van der Waals surface area contributed by atoms with E-state index >= 15 is 0 Å². The van der Waals surface area contributed by atoms with Gasteiger partial charge in [0.1, 0.15) is 19.2 Å². The van der Waals surface area contributed by atoms with E-state index in [0.717, 1.165) is 24.1 Å². The topological polar surface area (TPSA) is 156 Å². The minimum Gasteiger partial charge on any atom is -0.355 e. The summed E-state index contributed by atoms with van der Waals surface area (Å²) < 4.78 is 35.0. The minimum atomic E-state index is -0.569. The van der Waals surface area contributed by atoms with Gasteiger partial charge in [0.25, 0.3) is 0 Å². The van der Waals surface area contributed by atoms with Crippen LogP contribution in [0.15, 0.2) is 36.5 Å². The maximum Gasteiger partial charge on any atom is 0.228 e. The Bertz CT molecular complexity index is 1390. The van der Waals surface area contributed by atoms with Crippen LogP contribution in [0.3, 0.4) is 0 Å². The molecule has 0 radical (unpaired) electrons. The van der Waals surface area contributed by atoms with Gasteiger partial charge in [0.2, 0.25) is 18.1 Å². The molecule has 1 saturated carbocycles. The van der Waals surface area contributed by atoms with Crippen LogP contribution in [-0.2, 0) is 23.7 Å². The molecule has 0 atom stereocenters. The molecule has 1 aromatic carbocycles. The standard InChI is InChI=1S/C24H28FN5O2.C7H10N2O3/c1-15-13-31-23(32-14-15)22-29-20(16-7-9-17(25)10-8-16)21(30-22)19-11-12-26-24(28-19)27-18-5-3-2-4-6-18;8-1-2-9-7(10)6-3-11-5-12-4-6/h7-12,15,18,23H,2-6,13-14H2,1H3,(H,29,30)(H,26,27,28);6H,2-5H2,(H,9,10). The van der Waals surface area contributed by atoms with Crippen molar-refractivity contribution in [1.82, 2.24) is 25.3 Å². The highest BCUT2D eigenvalue weighted by Crippen LogP contribution is 2.33. The molecule has 3 fully saturated rings. The summed E-state index contributed by atoms with van der Waals surface area (Å²) in [5.41, 5.74) is 2.90. The van der Waals surface area contributed by atoms with Gasteiger partial charge in [0, 0.05) is 23.7 Å². The van der Waals surface area contributed by atoms with Crippen molar-refractivity contribution in [1.29, 1.82) is 5.26 Å². The van der Waals surface area contributed by atoms with E-state index in [0.29, 0.717) is 61.5 Å². The van der Waals surface area contributed by atoms with Crippen molar-refractivity contribution in [2.45, 2.75) is 51.4 Å². The lowest BCUT2D eigenvalue weighted by atomic mass is 9.96. The van der Waals surface area contributed by atoms with Gasteiger partial charge in [-0.1, -0.05) is 26.2 Å². The van der Waals surface area contributed by atoms with E-state index in [1.54, 1.807) is 18.3 Å². The number of rotatable bonds is 7. The first-order chi connectivity index (χ1) is 21.5. The third kappa shape index (κ3) is 8.57. The normalized spacial score (nSPS) is 21.0. The highest BCUT2D eigenvalue weighted by Gasteiger charge is 2.27. The van der Waals surface area contributed by atoms with E-state index in [4.69, 9.17) is 34.2 Å². The summed E-state index contributed by atoms with van der Waals surface area (Å²) in [5.74, 6) is 0.775. The van der Waals surface area contributed by atoms with E-state index in [1.807, 2.05) is 12.1 Å². The number of aromatic nitrogens is 4. The number of hydrogen-bond acceptors (Lipinski definition) is 10. The van der Waals surface area contributed by atoms with Crippen molar-refractivity contribution in [3.63, 3.8) is 0 Å². The number of benzene rings is 1. The third-order valence-corrected chi connectivity index (χ3v) is 7.49. The van der Waals surface area contributed by atoms with Gasteiger partial charge < -0.3 is 34.6 Å². The average Bonchev–Trinajstić information content (AvgIpc) is 3.51. The number of nitrogens with zero attached hydrogens (tertiary/aromatic N) is 4. The molecule has 1 amide bonds. The zero-order chi connectivity index (χ0) is 30.7. The summed E-state index contributed by atoms with van der Waals surface area (Å²) in [6.07, 6.45) is 7.21. The second-order valence-corrected chi connectivity index (χ2v) is 11.1. The molecule has 13 heteroatoms. The first kappa shape index (κ1) is 31.5. The van der Waals surface area contributed by atoms with Gasteiger partial charge >= 0.3 is 0 Å². The lowest BCUT2D eigenvalue weighted by Crippen LogP contribution is -2.38. The van der Waals surface area contributed by atoms with E-state index in [1.165, 1.54) is 31.4 Å². The van der Waals surface area contributed by atoms with Crippen LogP contribution in [0, 0.1) is 29.0 Å². The summed E-state index contributed by atoms with van der Waals surface area (Å²) in [6.45, 7) is 4.33. The van der Waals surface area contributed by atoms with Gasteiger partial charge in [-0.05, 0) is 43.2 Å². The first-order valence-electron chi connectivity index (χ1n) is 15.0. The smallest absolute Gasteiger partial charge is 0.228 e. The zero-order valence-electron chi connectivity index (χ0n) is 24.8. The van der Waals surface area contributed by atoms with Crippen molar-refractivity contribution >= 4 is 11.9 Å². The van der Waals surface area contributed by atoms with Crippen molar-refractivity contribution < 1.29 is 28.1 Å². The van der Waals surface area contributed by atoms with E-state index in [2.05, 4.69) is 27.5 Å². The molecule has 0 bridgehead atoms. The Hall–Kier alpha value is -3.96. The van der Waals surface area contributed by atoms with E-state index in [-0.39, 0.29) is 31.0 Å². The molecular weight excluding hydrogens is 569 g/mol. The molecule has 1 aliphatic carbocycles. The maximum absolute atomic E-state index is 13.5. The van der Waals surface area contributed by atoms with Crippen LogP contribution in [0.1, 0.15) is 51.1 Å². The van der Waals surface area contributed by atoms with Crippen LogP contribution in [0.2, 0.25) is 0 Å². The molecule has 12 nitrogen and oxygen atoms in total. The second-order valence-electron chi connectivity index (χ2n) is 11.1. The molecule has 0 unspecified atom stereocenters. The van der Waals surface area contributed by atoms with Crippen LogP contribution in [0.4, 0.5) is 10.3 Å². The SMILES string of the molecule is CC1COC(c2nc(-c3ccc(F)cc3)c(-c3ccnc(NC4CCCCC4)n3)[nH]2)OC1.N#CCNC(=O)C1COCOC1. The molecule has 3 N–H and O–H groups in total. The van der Waals surface area contributed by atoms with Crippen molar-refractivity contribution in [3.05, 3.63) is 48.2 Å². The Labute approximate surface area is 255 Å². The summed E-state index contributed by atoms with van der Waals surface area (Å²) in [5, 5.41) is 14.1. The Balaban J connectivity index is 0.000000270. The molecule has 2 aromatic heterocycles. The van der Waals surface area contributed by atoms with Crippen LogP contribution < -0.4 is 10.6 Å². The fourth-order valence-corrected chi connectivity index (χ4v) is 5.17. The molecule has 6 rings (SSSR count). The molecule has 44 heavy (non-hydrogen) atoms. The molecule has 234 valence electrons. The quantitative estimate of drug-likeness (QED) is 0.330. The first-order valence-corrected chi connectivity index (χ1v) is 15.0. The van der Waals surface area contributed by atoms with Crippen LogP contribution in [0.5, 0.6) is 0 Å². The molecule has 3 aromatic rings. The molecular formula is C31H38FN7O5. The lowest BCUT2D eigenvalue weighted by molar-refractivity contribution is -0.205. The predicted molar refractivity (Wildman–Crippen MR) is 158 cm³/mol. The third-order valence-electron chi connectivity index (χ3n) is 7.49. The number of nitriles is 1. The average molecular weight is 608 g/mol. The summed E-state index contributed by atoms with van der Waals surface area (Å²) in [6, 6.07) is 10.4. The summed E-state index contributed by atoms with van der Waals surface area (Å²) in [4.78, 5) is 28.4. The Morgan fingerprint density at radius 3 is 2.48 bits per heavy atom. The fourth-order valence-electron chi connectivity index (χ4n) is 5.17. The Morgan fingerprint density at radius 1 is 1.05 bits per heavy atom. The van der Waals surface area contributed by atoms with Gasteiger partial charge in [0.05, 0.1) is 55.5 Å². The molecule has 2 aliphatic heterocycles. The van der Waals surface area contributed by atoms with Gasteiger partial charge in [-0.2, -0.15) is 5.26 Å². The molecule has 0 spiro atoms.